The van der Waals surface area contributed by atoms with E-state index in [0.717, 1.165) is 22.1 Å². The third-order valence-electron chi connectivity index (χ3n) is 4.84. The van der Waals surface area contributed by atoms with E-state index in [0.29, 0.717) is 37.4 Å². The Morgan fingerprint density at radius 2 is 2.17 bits per heavy atom. The van der Waals surface area contributed by atoms with E-state index in [9.17, 15) is 15.0 Å². The third-order valence-corrected chi connectivity index (χ3v) is 5.25. The van der Waals surface area contributed by atoms with Crippen LogP contribution in [0.15, 0.2) is 22.8 Å². The number of nitrogens with zero attached hydrogens (tertiary/aromatic N) is 1. The molecule has 1 aliphatic rings. The molecule has 1 atom stereocenters. The third kappa shape index (κ3) is 3.43. The molecule has 6 heteroatoms. The highest BCUT2D eigenvalue weighted by atomic mass is 35.5. The maximum absolute atomic E-state index is 12.6. The van der Waals surface area contributed by atoms with E-state index in [1.54, 1.807) is 11.2 Å². The van der Waals surface area contributed by atoms with Gasteiger partial charge in [-0.3, -0.25) is 4.79 Å². The first-order chi connectivity index (χ1) is 11.4. The molecule has 0 aliphatic carbocycles. The van der Waals surface area contributed by atoms with Crippen LogP contribution < -0.4 is 0 Å². The fourth-order valence-electron chi connectivity index (χ4n) is 3.20. The van der Waals surface area contributed by atoms with Gasteiger partial charge in [-0.2, -0.15) is 0 Å². The standard InChI is InChI=1S/C18H22ClNO4/c1-12-7-16-14(9-15(12)19)13(10-24-16)8-17(22)20-5-2-3-18(23,11-21)4-6-20/h7,9-10,21,23H,2-6,8,11H2,1H3. The molecular formula is C18H22ClNO4. The van der Waals surface area contributed by atoms with Crippen LogP contribution in [0.5, 0.6) is 0 Å². The maximum Gasteiger partial charge on any atom is 0.227 e. The smallest absolute Gasteiger partial charge is 0.227 e. The molecule has 24 heavy (non-hydrogen) atoms. The molecule has 1 amide bonds. The fourth-order valence-corrected chi connectivity index (χ4v) is 3.36. The quantitative estimate of drug-likeness (QED) is 0.891. The average Bonchev–Trinajstić information content (AvgIpc) is 2.81. The molecule has 0 spiro atoms. The summed E-state index contributed by atoms with van der Waals surface area (Å²) in [5.74, 6) is -0.00316. The van der Waals surface area contributed by atoms with Gasteiger partial charge in [0.1, 0.15) is 5.58 Å². The van der Waals surface area contributed by atoms with Crippen LogP contribution in [0.4, 0.5) is 0 Å². The lowest BCUT2D eigenvalue weighted by Gasteiger charge is -2.24. The van der Waals surface area contributed by atoms with E-state index in [2.05, 4.69) is 0 Å². The highest BCUT2D eigenvalue weighted by Crippen LogP contribution is 2.29. The highest BCUT2D eigenvalue weighted by molar-refractivity contribution is 6.32. The van der Waals surface area contributed by atoms with Gasteiger partial charge in [0.25, 0.3) is 0 Å². The molecule has 2 aromatic rings. The van der Waals surface area contributed by atoms with Gasteiger partial charge in [0, 0.05) is 29.1 Å². The number of likely N-dealkylation sites (tertiary alicyclic amines) is 1. The summed E-state index contributed by atoms with van der Waals surface area (Å²) >= 11 is 6.18. The number of hydrogen-bond donors (Lipinski definition) is 2. The van der Waals surface area contributed by atoms with Crippen molar-refractivity contribution in [2.45, 2.75) is 38.2 Å². The first-order valence-electron chi connectivity index (χ1n) is 8.19. The SMILES string of the molecule is Cc1cc2occ(CC(=O)N3CCCC(O)(CO)CC3)c2cc1Cl. The Morgan fingerprint density at radius 3 is 2.92 bits per heavy atom. The van der Waals surface area contributed by atoms with Gasteiger partial charge in [0.2, 0.25) is 5.91 Å². The summed E-state index contributed by atoms with van der Waals surface area (Å²) in [5.41, 5.74) is 1.42. The van der Waals surface area contributed by atoms with Crippen LogP contribution in [0.3, 0.4) is 0 Å². The molecule has 1 aromatic carbocycles. The molecule has 2 N–H and O–H groups in total. The van der Waals surface area contributed by atoms with Crippen LogP contribution in [0.25, 0.3) is 11.0 Å². The molecule has 1 fully saturated rings. The van der Waals surface area contributed by atoms with Crippen molar-refractivity contribution < 1.29 is 19.4 Å². The lowest BCUT2D eigenvalue weighted by atomic mass is 9.96. The number of aliphatic hydroxyl groups excluding tert-OH is 1. The van der Waals surface area contributed by atoms with E-state index >= 15 is 0 Å². The van der Waals surface area contributed by atoms with E-state index in [1.807, 2.05) is 19.1 Å². The molecule has 3 rings (SSSR count). The number of hydrogen-bond acceptors (Lipinski definition) is 4. The lowest BCUT2D eigenvalue weighted by molar-refractivity contribution is -0.130. The molecule has 1 unspecified atom stereocenters. The van der Waals surface area contributed by atoms with Gasteiger partial charge in [-0.25, -0.2) is 0 Å². The largest absolute Gasteiger partial charge is 0.464 e. The summed E-state index contributed by atoms with van der Waals surface area (Å²) in [5, 5.41) is 21.0. The van der Waals surface area contributed by atoms with Crippen molar-refractivity contribution in [3.63, 3.8) is 0 Å². The molecular weight excluding hydrogens is 330 g/mol. The minimum atomic E-state index is -1.07. The molecule has 130 valence electrons. The number of amides is 1. The van der Waals surface area contributed by atoms with Crippen LogP contribution in [0, 0.1) is 6.92 Å². The zero-order valence-electron chi connectivity index (χ0n) is 13.7. The minimum Gasteiger partial charge on any atom is -0.464 e. The average molecular weight is 352 g/mol. The van der Waals surface area contributed by atoms with Gasteiger partial charge in [-0.15, -0.1) is 0 Å². The Kier molecular flexibility index (Phi) is 4.85. The molecule has 0 radical (unpaired) electrons. The summed E-state index contributed by atoms with van der Waals surface area (Å²) in [4.78, 5) is 14.4. The van der Waals surface area contributed by atoms with E-state index in [1.165, 1.54) is 0 Å². The van der Waals surface area contributed by atoms with Crippen LogP contribution in [-0.4, -0.2) is 46.3 Å². The van der Waals surface area contributed by atoms with Crippen LogP contribution in [0.1, 0.15) is 30.4 Å². The van der Waals surface area contributed by atoms with Gasteiger partial charge in [-0.1, -0.05) is 11.6 Å². The predicted octanol–water partition coefficient (Wildman–Crippen LogP) is 2.67. The van der Waals surface area contributed by atoms with Crippen LogP contribution in [-0.2, 0) is 11.2 Å². The summed E-state index contributed by atoms with van der Waals surface area (Å²) in [6.45, 7) is 2.69. The summed E-state index contributed by atoms with van der Waals surface area (Å²) in [6, 6.07) is 3.71. The first kappa shape index (κ1) is 17.3. The Morgan fingerprint density at radius 1 is 1.38 bits per heavy atom. The second-order valence-electron chi connectivity index (χ2n) is 6.65. The molecule has 5 nitrogen and oxygen atoms in total. The second-order valence-corrected chi connectivity index (χ2v) is 7.06. The molecule has 0 saturated carbocycles. The predicted molar refractivity (Wildman–Crippen MR) is 92.1 cm³/mol. The number of fused-ring (bicyclic) bond motifs is 1. The topological polar surface area (TPSA) is 73.9 Å². The van der Waals surface area contributed by atoms with Crippen molar-refractivity contribution >= 4 is 28.5 Å². The second kappa shape index (κ2) is 6.75. The summed E-state index contributed by atoms with van der Waals surface area (Å²) in [6.07, 6.45) is 3.44. The lowest BCUT2D eigenvalue weighted by Crippen LogP contribution is -2.37. The fraction of sp³-hybridized carbons (Fsp3) is 0.500. The monoisotopic (exact) mass is 351 g/mol. The van der Waals surface area contributed by atoms with E-state index in [4.69, 9.17) is 16.0 Å². The molecule has 1 aliphatic heterocycles. The van der Waals surface area contributed by atoms with Crippen molar-refractivity contribution in [3.8, 4) is 0 Å². The maximum atomic E-state index is 12.6. The van der Waals surface area contributed by atoms with E-state index in [-0.39, 0.29) is 18.9 Å². The normalized spacial score (nSPS) is 21.9. The Bertz CT molecular complexity index is 757. The number of aliphatic hydroxyl groups is 2. The van der Waals surface area contributed by atoms with Gasteiger partial charge in [-0.05, 0) is 43.9 Å². The number of rotatable bonds is 3. The first-order valence-corrected chi connectivity index (χ1v) is 8.57. The van der Waals surface area contributed by atoms with E-state index < -0.39 is 5.60 Å². The van der Waals surface area contributed by atoms with Gasteiger partial charge >= 0.3 is 0 Å². The van der Waals surface area contributed by atoms with Crippen molar-refractivity contribution in [3.05, 3.63) is 34.5 Å². The number of benzene rings is 1. The number of aryl methyl sites for hydroxylation is 1. The zero-order chi connectivity index (χ0) is 17.3. The summed E-state index contributed by atoms with van der Waals surface area (Å²) in [7, 11) is 0. The van der Waals surface area contributed by atoms with Crippen molar-refractivity contribution in [1.82, 2.24) is 4.90 Å². The van der Waals surface area contributed by atoms with Crippen LogP contribution in [0.2, 0.25) is 5.02 Å². The highest BCUT2D eigenvalue weighted by Gasteiger charge is 2.30. The van der Waals surface area contributed by atoms with Crippen molar-refractivity contribution in [1.29, 1.82) is 0 Å². The number of furan rings is 1. The molecule has 1 aromatic heterocycles. The summed E-state index contributed by atoms with van der Waals surface area (Å²) < 4.78 is 5.55. The zero-order valence-corrected chi connectivity index (χ0v) is 14.5. The number of carbonyl (C=O) groups excluding carboxylic acids is 1. The Hall–Kier alpha value is -1.56. The van der Waals surface area contributed by atoms with Crippen molar-refractivity contribution in [2.24, 2.45) is 0 Å². The van der Waals surface area contributed by atoms with Crippen molar-refractivity contribution in [2.75, 3.05) is 19.7 Å². The minimum absolute atomic E-state index is 0.00316. The molecule has 2 heterocycles. The Labute approximate surface area is 145 Å². The van der Waals surface area contributed by atoms with Gasteiger partial charge < -0.3 is 19.5 Å². The molecule has 1 saturated heterocycles. The van der Waals surface area contributed by atoms with Gasteiger partial charge in [0.15, 0.2) is 0 Å². The molecule has 0 bridgehead atoms. The van der Waals surface area contributed by atoms with Crippen LogP contribution >= 0.6 is 11.6 Å². The van der Waals surface area contributed by atoms with Gasteiger partial charge in [0.05, 0.1) is 24.9 Å². The number of carbonyl (C=O) groups is 1. The Balaban J connectivity index is 1.74. The number of halogens is 1.